The number of hydrogen-bond acceptors (Lipinski definition) is 7. The maximum atomic E-state index is 12.1. The number of imide groups is 1. The maximum Gasteiger partial charge on any atom is 0.242 e. The number of nitrogens with zero attached hydrogens (tertiary/aromatic N) is 1. The molecule has 140 valence electrons. The van der Waals surface area contributed by atoms with Gasteiger partial charge in [-0.2, -0.15) is 0 Å². The van der Waals surface area contributed by atoms with E-state index in [0.717, 1.165) is 0 Å². The van der Waals surface area contributed by atoms with Crippen LogP contribution in [0.15, 0.2) is 0 Å². The van der Waals surface area contributed by atoms with Crippen molar-refractivity contribution in [2.45, 2.75) is 57.2 Å². The van der Waals surface area contributed by atoms with E-state index < -0.39 is 22.9 Å². The first-order valence-corrected chi connectivity index (χ1v) is 9.56. The normalized spacial score (nSPS) is 18.7. The molecule has 1 heterocycles. The van der Waals surface area contributed by atoms with Crippen LogP contribution in [0.2, 0.25) is 0 Å². The van der Waals surface area contributed by atoms with E-state index in [2.05, 4.69) is 0 Å². The highest BCUT2D eigenvalue weighted by Gasteiger charge is 2.38. The Morgan fingerprint density at radius 1 is 1.28 bits per heavy atom. The molecular weight excluding hydrogens is 344 g/mol. The number of ketones is 2. The lowest BCUT2D eigenvalue weighted by atomic mass is 9.96. The van der Waals surface area contributed by atoms with E-state index in [0.29, 0.717) is 32.1 Å². The molecule has 0 aromatic carbocycles. The first-order valence-electron chi connectivity index (χ1n) is 8.51. The molecule has 0 aromatic heterocycles. The Morgan fingerprint density at radius 2 is 1.96 bits per heavy atom. The number of aldehydes is 1. The van der Waals surface area contributed by atoms with Gasteiger partial charge in [-0.15, -0.1) is 11.8 Å². The van der Waals surface area contributed by atoms with Gasteiger partial charge in [0.15, 0.2) is 5.78 Å². The molecule has 1 aliphatic rings. The van der Waals surface area contributed by atoms with Crippen molar-refractivity contribution in [3.8, 4) is 0 Å². The van der Waals surface area contributed by atoms with Gasteiger partial charge in [0.05, 0.1) is 11.3 Å². The van der Waals surface area contributed by atoms with E-state index in [9.17, 15) is 24.0 Å². The Bertz CT molecular complexity index is 535. The van der Waals surface area contributed by atoms with E-state index in [-0.39, 0.29) is 36.3 Å². The number of thioether (sulfide) groups is 1. The third kappa shape index (κ3) is 6.36. The van der Waals surface area contributed by atoms with Crippen LogP contribution in [-0.4, -0.2) is 58.2 Å². The SMILES string of the molecule is CC(C)[C@H](N)C(=O)C(=O)CCCCCN1C(=O)CC(SCC=O)C1=O. The average molecular weight is 370 g/mol. The fourth-order valence-corrected chi connectivity index (χ4v) is 3.36. The minimum Gasteiger partial charge on any atom is -0.321 e. The van der Waals surface area contributed by atoms with Crippen LogP contribution in [0.3, 0.4) is 0 Å². The summed E-state index contributed by atoms with van der Waals surface area (Å²) in [7, 11) is 0. The second-order valence-corrected chi connectivity index (χ2v) is 7.68. The summed E-state index contributed by atoms with van der Waals surface area (Å²) in [5.41, 5.74) is 5.68. The van der Waals surface area contributed by atoms with Gasteiger partial charge in [0, 0.05) is 25.1 Å². The van der Waals surface area contributed by atoms with Crippen LogP contribution in [0.1, 0.15) is 46.0 Å². The predicted octanol–water partition coefficient (Wildman–Crippen LogP) is 0.728. The molecule has 1 aliphatic heterocycles. The highest BCUT2D eigenvalue weighted by atomic mass is 32.2. The lowest BCUT2D eigenvalue weighted by Crippen LogP contribution is -2.40. The van der Waals surface area contributed by atoms with Gasteiger partial charge in [0.2, 0.25) is 17.6 Å². The summed E-state index contributed by atoms with van der Waals surface area (Å²) >= 11 is 1.18. The van der Waals surface area contributed by atoms with E-state index in [1.165, 1.54) is 16.7 Å². The molecule has 0 spiro atoms. The number of likely N-dealkylation sites (tertiary alicyclic amines) is 1. The van der Waals surface area contributed by atoms with Crippen molar-refractivity contribution >= 4 is 41.4 Å². The van der Waals surface area contributed by atoms with Crippen molar-refractivity contribution in [1.82, 2.24) is 4.90 Å². The molecule has 0 saturated carbocycles. The molecule has 0 radical (unpaired) electrons. The molecule has 0 bridgehead atoms. The third-order valence-electron chi connectivity index (χ3n) is 4.15. The van der Waals surface area contributed by atoms with Crippen molar-refractivity contribution in [1.29, 1.82) is 0 Å². The van der Waals surface area contributed by atoms with Gasteiger partial charge in [-0.25, -0.2) is 0 Å². The van der Waals surface area contributed by atoms with Crippen LogP contribution >= 0.6 is 11.8 Å². The lowest BCUT2D eigenvalue weighted by molar-refractivity contribution is -0.138. The van der Waals surface area contributed by atoms with E-state index in [1.54, 1.807) is 13.8 Å². The molecular formula is C17H26N2O5S. The Kier molecular flexibility index (Phi) is 8.99. The summed E-state index contributed by atoms with van der Waals surface area (Å²) in [4.78, 5) is 59.1. The highest BCUT2D eigenvalue weighted by Crippen LogP contribution is 2.25. The number of rotatable bonds is 12. The molecule has 2 N–H and O–H groups in total. The molecule has 1 fully saturated rings. The van der Waals surface area contributed by atoms with Crippen LogP contribution in [0, 0.1) is 5.92 Å². The first kappa shape index (κ1) is 21.5. The van der Waals surface area contributed by atoms with E-state index in [1.807, 2.05) is 0 Å². The quantitative estimate of drug-likeness (QED) is 0.233. The van der Waals surface area contributed by atoms with E-state index >= 15 is 0 Å². The molecule has 1 rings (SSSR count). The van der Waals surface area contributed by atoms with Gasteiger partial charge in [0.1, 0.15) is 6.29 Å². The Hall–Kier alpha value is -1.54. The molecule has 1 unspecified atom stereocenters. The zero-order chi connectivity index (χ0) is 19.0. The van der Waals surface area contributed by atoms with Crippen molar-refractivity contribution in [2.24, 2.45) is 11.7 Å². The second kappa shape index (κ2) is 10.5. The molecule has 0 aliphatic carbocycles. The Balaban J connectivity index is 2.28. The topological polar surface area (TPSA) is 115 Å². The summed E-state index contributed by atoms with van der Waals surface area (Å²) in [6, 6.07) is -0.756. The summed E-state index contributed by atoms with van der Waals surface area (Å²) < 4.78 is 0. The molecule has 2 amide bonds. The standard InChI is InChI=1S/C17H26N2O5S/c1-11(2)15(18)16(23)12(21)6-4-3-5-7-19-14(22)10-13(17(19)24)25-9-8-20/h8,11,13,15H,3-7,9-10,18H2,1-2H3/t13?,15-/m0/s1. The lowest BCUT2D eigenvalue weighted by Gasteiger charge is -2.15. The van der Waals surface area contributed by atoms with Crippen molar-refractivity contribution in [3.63, 3.8) is 0 Å². The van der Waals surface area contributed by atoms with Gasteiger partial charge in [0.25, 0.3) is 0 Å². The van der Waals surface area contributed by atoms with Crippen molar-refractivity contribution in [3.05, 3.63) is 0 Å². The van der Waals surface area contributed by atoms with Crippen LogP contribution in [-0.2, 0) is 24.0 Å². The van der Waals surface area contributed by atoms with Crippen molar-refractivity contribution in [2.75, 3.05) is 12.3 Å². The van der Waals surface area contributed by atoms with Crippen LogP contribution in [0.4, 0.5) is 0 Å². The van der Waals surface area contributed by atoms with Gasteiger partial charge < -0.3 is 10.5 Å². The molecule has 0 aromatic rings. The summed E-state index contributed by atoms with van der Waals surface area (Å²) in [5, 5.41) is -0.463. The summed E-state index contributed by atoms with van der Waals surface area (Å²) in [5.74, 6) is -1.33. The van der Waals surface area contributed by atoms with Gasteiger partial charge in [-0.05, 0) is 18.8 Å². The number of amides is 2. The van der Waals surface area contributed by atoms with Crippen LogP contribution in [0.25, 0.3) is 0 Å². The number of Topliss-reactive ketones (excluding diaryl/α,β-unsaturated/α-hetero) is 2. The summed E-state index contributed by atoms with van der Waals surface area (Å²) in [6.07, 6.45) is 2.74. The fraction of sp³-hybridized carbons (Fsp3) is 0.706. The third-order valence-corrected chi connectivity index (χ3v) is 5.25. The molecule has 2 atom stereocenters. The van der Waals surface area contributed by atoms with Gasteiger partial charge in [-0.1, -0.05) is 20.3 Å². The first-order chi connectivity index (χ1) is 11.8. The largest absolute Gasteiger partial charge is 0.321 e. The smallest absolute Gasteiger partial charge is 0.242 e. The number of nitrogens with two attached hydrogens (primary N) is 1. The second-order valence-electron chi connectivity index (χ2n) is 6.44. The minimum absolute atomic E-state index is 0.0753. The number of unbranched alkanes of at least 4 members (excludes halogenated alkanes) is 2. The predicted molar refractivity (Wildman–Crippen MR) is 94.9 cm³/mol. The molecule has 7 nitrogen and oxygen atoms in total. The number of carbonyl (C=O) groups is 5. The minimum atomic E-state index is -0.756. The van der Waals surface area contributed by atoms with Crippen LogP contribution in [0.5, 0.6) is 0 Å². The maximum absolute atomic E-state index is 12.1. The van der Waals surface area contributed by atoms with E-state index in [4.69, 9.17) is 5.73 Å². The Morgan fingerprint density at radius 3 is 2.56 bits per heavy atom. The fourth-order valence-electron chi connectivity index (χ4n) is 2.52. The zero-order valence-corrected chi connectivity index (χ0v) is 15.5. The zero-order valence-electron chi connectivity index (χ0n) is 14.7. The van der Waals surface area contributed by atoms with Crippen molar-refractivity contribution < 1.29 is 24.0 Å². The van der Waals surface area contributed by atoms with Gasteiger partial charge in [-0.3, -0.25) is 24.1 Å². The monoisotopic (exact) mass is 370 g/mol. The Labute approximate surface area is 152 Å². The van der Waals surface area contributed by atoms with Crippen LogP contribution < -0.4 is 5.73 Å². The van der Waals surface area contributed by atoms with Gasteiger partial charge >= 0.3 is 0 Å². The molecule has 8 heteroatoms. The summed E-state index contributed by atoms with van der Waals surface area (Å²) in [6.45, 7) is 3.89. The molecule has 25 heavy (non-hydrogen) atoms. The highest BCUT2D eigenvalue weighted by molar-refractivity contribution is 8.01. The molecule has 1 saturated heterocycles. The number of carbonyl (C=O) groups excluding carboxylic acids is 5. The number of hydrogen-bond donors (Lipinski definition) is 1. The average Bonchev–Trinajstić information content (AvgIpc) is 2.85.